The number of esters is 1. The Hall–Kier alpha value is -2.03. The van der Waals surface area contributed by atoms with E-state index in [9.17, 15) is 19.0 Å². The fourth-order valence-corrected chi connectivity index (χ4v) is 8.58. The summed E-state index contributed by atoms with van der Waals surface area (Å²) in [5.41, 5.74) is 0. The summed E-state index contributed by atoms with van der Waals surface area (Å²) in [5.74, 6) is -0.531. The summed E-state index contributed by atoms with van der Waals surface area (Å²) in [7, 11) is 1.48. The largest absolute Gasteiger partial charge is 0.472 e. The van der Waals surface area contributed by atoms with E-state index in [0.29, 0.717) is 23.9 Å². The Balaban J connectivity index is 5.36. The number of quaternary nitrogens is 1. The summed E-state index contributed by atoms with van der Waals surface area (Å²) in [6.45, 7) is 6.95. The summed E-state index contributed by atoms with van der Waals surface area (Å²) < 4.78 is 30.5. The van der Waals surface area contributed by atoms with Crippen molar-refractivity contribution in [1.29, 1.82) is 0 Å². The van der Waals surface area contributed by atoms with Gasteiger partial charge in [-0.25, -0.2) is 4.57 Å². The molecule has 392 valence electrons. The Morgan fingerprint density at radius 1 is 0.522 bits per heavy atom. The molecular weight excluding hydrogens is 856 g/mol. The second-order valence-electron chi connectivity index (χ2n) is 20.1. The van der Waals surface area contributed by atoms with Gasteiger partial charge in [0.2, 0.25) is 5.91 Å². The highest BCUT2D eigenvalue weighted by Gasteiger charge is 2.30. The number of hydrogen-bond acceptors (Lipinski definition) is 6. The number of ether oxygens (including phenoxy) is 1. The lowest BCUT2D eigenvalue weighted by molar-refractivity contribution is -0.870. The number of amides is 1. The second kappa shape index (κ2) is 47.6. The Morgan fingerprint density at radius 2 is 0.910 bits per heavy atom. The molecule has 0 aliphatic carbocycles. The summed E-state index contributed by atoms with van der Waals surface area (Å²) >= 11 is 0. The number of nitrogens with one attached hydrogen (secondary N) is 1. The first-order valence-electron chi connectivity index (χ1n) is 28.0. The van der Waals surface area contributed by atoms with E-state index in [2.05, 4.69) is 62.5 Å². The van der Waals surface area contributed by atoms with Crippen LogP contribution < -0.4 is 5.32 Å². The first-order valence-corrected chi connectivity index (χ1v) is 29.5. The van der Waals surface area contributed by atoms with Gasteiger partial charge in [0.05, 0.1) is 33.8 Å². The molecule has 0 saturated heterocycles. The first kappa shape index (κ1) is 65.0. The summed E-state index contributed by atoms with van der Waals surface area (Å²) in [6.07, 6.45) is 56.7. The standard InChI is InChI=1S/C57H107N2O7P/c1-7-10-13-16-19-22-25-27-28-29-30-32-34-37-40-43-46-49-56(60)58-54(53-65-67(62,63)64-52-51-59(4,5)6)55(48-45-42-39-36-33-24-21-18-15-12-9-3)66-57(61)50-47-44-41-38-35-31-26-23-20-17-14-11-8-2/h19,22,27-28,31,35,45,48,54-55H,7-18,20-21,23-26,29-30,32-34,36-44,46-47,49-53H2,1-6H3,(H-,58,60,62,63)/p+1/b22-19-,28-27-,35-31-,48-45-. The molecule has 10 heteroatoms. The monoisotopic (exact) mass is 964 g/mol. The molecule has 0 aromatic heterocycles. The number of likely N-dealkylation sites (N-methyl/N-ethyl adjacent to an activating group) is 1. The molecule has 0 rings (SSSR count). The average molecular weight is 964 g/mol. The Kier molecular flexibility index (Phi) is 46.2. The molecule has 9 nitrogen and oxygen atoms in total. The lowest BCUT2D eigenvalue weighted by Gasteiger charge is -2.27. The van der Waals surface area contributed by atoms with Crippen LogP contribution in [-0.4, -0.2) is 74.3 Å². The van der Waals surface area contributed by atoms with E-state index in [1.54, 1.807) is 0 Å². The molecule has 2 N–H and O–H groups in total. The van der Waals surface area contributed by atoms with Gasteiger partial charge in [-0.15, -0.1) is 0 Å². The smallest absolute Gasteiger partial charge is 0.456 e. The number of phosphoric acid groups is 1. The van der Waals surface area contributed by atoms with Crippen LogP contribution in [0.1, 0.15) is 252 Å². The van der Waals surface area contributed by atoms with Crippen LogP contribution in [0.5, 0.6) is 0 Å². The van der Waals surface area contributed by atoms with E-state index in [4.69, 9.17) is 13.8 Å². The maximum atomic E-state index is 13.5. The highest BCUT2D eigenvalue weighted by molar-refractivity contribution is 7.47. The van der Waals surface area contributed by atoms with Crippen LogP contribution in [0.15, 0.2) is 48.6 Å². The van der Waals surface area contributed by atoms with Crippen molar-refractivity contribution in [2.45, 2.75) is 264 Å². The van der Waals surface area contributed by atoms with Crippen LogP contribution in [0.3, 0.4) is 0 Å². The van der Waals surface area contributed by atoms with Crippen LogP contribution in [-0.2, 0) is 27.9 Å². The number of phosphoric ester groups is 1. The van der Waals surface area contributed by atoms with Crippen molar-refractivity contribution in [3.8, 4) is 0 Å². The van der Waals surface area contributed by atoms with Gasteiger partial charge >= 0.3 is 13.8 Å². The van der Waals surface area contributed by atoms with Gasteiger partial charge < -0.3 is 19.4 Å². The van der Waals surface area contributed by atoms with Gasteiger partial charge in [0.25, 0.3) is 0 Å². The third-order valence-electron chi connectivity index (χ3n) is 12.2. The summed E-state index contributed by atoms with van der Waals surface area (Å²) in [5, 5.41) is 3.04. The average Bonchev–Trinajstić information content (AvgIpc) is 3.28. The normalized spacial score (nSPS) is 14.2. The molecule has 0 aromatic carbocycles. The molecule has 0 heterocycles. The third kappa shape index (κ3) is 48.8. The zero-order valence-electron chi connectivity index (χ0n) is 44.6. The zero-order chi connectivity index (χ0) is 49.4. The van der Waals surface area contributed by atoms with Crippen molar-refractivity contribution in [2.24, 2.45) is 0 Å². The number of hydrogen-bond donors (Lipinski definition) is 2. The second-order valence-corrected chi connectivity index (χ2v) is 21.6. The minimum atomic E-state index is -4.44. The van der Waals surface area contributed by atoms with E-state index in [-0.39, 0.29) is 31.5 Å². The zero-order valence-corrected chi connectivity index (χ0v) is 45.5. The quantitative estimate of drug-likeness (QED) is 0.0205. The minimum Gasteiger partial charge on any atom is -0.456 e. The summed E-state index contributed by atoms with van der Waals surface area (Å²) in [4.78, 5) is 37.5. The van der Waals surface area contributed by atoms with Gasteiger partial charge in [-0.1, -0.05) is 198 Å². The van der Waals surface area contributed by atoms with Crippen LogP contribution in [0.2, 0.25) is 0 Å². The molecule has 0 radical (unpaired) electrons. The molecule has 0 aromatic rings. The predicted molar refractivity (Wildman–Crippen MR) is 286 cm³/mol. The topological polar surface area (TPSA) is 111 Å². The van der Waals surface area contributed by atoms with Crippen molar-refractivity contribution in [2.75, 3.05) is 40.9 Å². The number of nitrogens with zero attached hydrogens (tertiary/aromatic N) is 1. The van der Waals surface area contributed by atoms with Gasteiger partial charge in [0.15, 0.2) is 0 Å². The first-order chi connectivity index (χ1) is 32.4. The van der Waals surface area contributed by atoms with E-state index < -0.39 is 20.0 Å². The van der Waals surface area contributed by atoms with Gasteiger partial charge in [-0.2, -0.15) is 0 Å². The Morgan fingerprint density at radius 3 is 1.40 bits per heavy atom. The van der Waals surface area contributed by atoms with Crippen molar-refractivity contribution in [3.05, 3.63) is 48.6 Å². The number of allylic oxidation sites excluding steroid dienone is 7. The van der Waals surface area contributed by atoms with E-state index >= 15 is 0 Å². The fraction of sp³-hybridized carbons (Fsp3) is 0.825. The minimum absolute atomic E-state index is 0.0362. The Bertz CT molecular complexity index is 1290. The van der Waals surface area contributed by atoms with E-state index in [1.807, 2.05) is 33.3 Å². The van der Waals surface area contributed by atoms with Crippen molar-refractivity contribution < 1.29 is 37.3 Å². The molecule has 0 aliphatic rings. The Labute approximate surface area is 414 Å². The highest BCUT2D eigenvalue weighted by Crippen LogP contribution is 2.43. The lowest BCUT2D eigenvalue weighted by atomic mass is 10.1. The molecule has 0 spiro atoms. The number of rotatable bonds is 50. The maximum Gasteiger partial charge on any atom is 0.472 e. The molecule has 0 saturated carbocycles. The molecule has 3 unspecified atom stereocenters. The maximum absolute atomic E-state index is 13.5. The van der Waals surface area contributed by atoms with E-state index in [0.717, 1.165) is 83.5 Å². The van der Waals surface area contributed by atoms with E-state index in [1.165, 1.54) is 128 Å². The number of carbonyl (C=O) groups is 2. The van der Waals surface area contributed by atoms with Gasteiger partial charge in [0, 0.05) is 12.8 Å². The van der Waals surface area contributed by atoms with Crippen LogP contribution in [0.4, 0.5) is 0 Å². The van der Waals surface area contributed by atoms with Crippen LogP contribution in [0, 0.1) is 0 Å². The predicted octanol–water partition coefficient (Wildman–Crippen LogP) is 16.6. The lowest BCUT2D eigenvalue weighted by Crippen LogP contribution is -2.47. The molecule has 0 fully saturated rings. The molecule has 0 bridgehead atoms. The highest BCUT2D eigenvalue weighted by atomic mass is 31.2. The van der Waals surface area contributed by atoms with Crippen molar-refractivity contribution >= 4 is 19.7 Å². The van der Waals surface area contributed by atoms with Crippen LogP contribution in [0.25, 0.3) is 0 Å². The third-order valence-corrected chi connectivity index (χ3v) is 13.2. The van der Waals surface area contributed by atoms with Gasteiger partial charge in [-0.3, -0.25) is 18.6 Å². The van der Waals surface area contributed by atoms with Gasteiger partial charge in [0.1, 0.15) is 19.3 Å². The molecule has 67 heavy (non-hydrogen) atoms. The summed E-state index contributed by atoms with van der Waals surface area (Å²) in [6, 6.07) is -0.856. The van der Waals surface area contributed by atoms with Crippen LogP contribution >= 0.6 is 7.82 Å². The fourth-order valence-electron chi connectivity index (χ4n) is 7.85. The molecule has 0 aliphatic heterocycles. The van der Waals surface area contributed by atoms with Crippen molar-refractivity contribution in [1.82, 2.24) is 5.32 Å². The van der Waals surface area contributed by atoms with Gasteiger partial charge in [-0.05, 0) is 89.5 Å². The molecule has 3 atom stereocenters. The number of carbonyl (C=O) groups excluding carboxylic acids is 2. The molecular formula is C57H108N2O7P+. The number of unbranched alkanes of at least 4 members (excludes halogenated alkanes) is 28. The SMILES string of the molecule is CCCCC/C=C\C/C=C\CCCCCCCCCC(=O)NC(COP(=O)(O)OCC[N+](C)(C)C)C(/C=C\CCCCCCCCCCC)OC(=O)CCCCC/C=C\CCCCCCCC. The van der Waals surface area contributed by atoms with Crippen molar-refractivity contribution in [3.63, 3.8) is 0 Å². The molecule has 1 amide bonds.